The van der Waals surface area contributed by atoms with E-state index in [2.05, 4.69) is 15.3 Å². The molecule has 0 amide bonds. The van der Waals surface area contributed by atoms with Gasteiger partial charge >= 0.3 is 0 Å². The average molecular weight is 235 g/mol. The summed E-state index contributed by atoms with van der Waals surface area (Å²) in [6.07, 6.45) is 2.92. The van der Waals surface area contributed by atoms with E-state index in [1.165, 1.54) is 0 Å². The minimum absolute atomic E-state index is 0.0267. The van der Waals surface area contributed by atoms with E-state index in [4.69, 9.17) is 4.74 Å². The Morgan fingerprint density at radius 3 is 3.18 bits per heavy atom. The van der Waals surface area contributed by atoms with Gasteiger partial charge in [0.1, 0.15) is 5.82 Å². The van der Waals surface area contributed by atoms with Crippen LogP contribution in [0.2, 0.25) is 0 Å². The zero-order valence-corrected chi connectivity index (χ0v) is 9.79. The Kier molecular flexibility index (Phi) is 2.94. The number of H-pyrrole nitrogens is 1. The maximum atomic E-state index is 12.0. The first-order valence-corrected chi connectivity index (χ1v) is 6.25. The molecule has 17 heavy (non-hydrogen) atoms. The fourth-order valence-corrected chi connectivity index (χ4v) is 2.56. The third kappa shape index (κ3) is 2.12. The van der Waals surface area contributed by atoms with E-state index in [-0.39, 0.29) is 5.56 Å². The van der Waals surface area contributed by atoms with E-state index in [0.717, 1.165) is 43.0 Å². The molecule has 0 spiro atoms. The molecule has 2 N–H and O–H groups in total. The van der Waals surface area contributed by atoms with Crippen LogP contribution in [0.5, 0.6) is 0 Å². The molecule has 0 bridgehead atoms. The molecule has 1 fully saturated rings. The molecule has 1 aromatic rings. The molecule has 5 heteroatoms. The summed E-state index contributed by atoms with van der Waals surface area (Å²) in [6, 6.07) is 0. The van der Waals surface area contributed by atoms with Gasteiger partial charge in [0, 0.05) is 24.4 Å². The number of hydrogen-bond acceptors (Lipinski definition) is 4. The van der Waals surface area contributed by atoms with E-state index in [9.17, 15) is 4.79 Å². The summed E-state index contributed by atoms with van der Waals surface area (Å²) >= 11 is 0. The highest BCUT2D eigenvalue weighted by Gasteiger charge is 2.21. The van der Waals surface area contributed by atoms with Gasteiger partial charge < -0.3 is 15.0 Å². The second-order valence-electron chi connectivity index (χ2n) is 4.72. The zero-order chi connectivity index (χ0) is 11.7. The summed E-state index contributed by atoms with van der Waals surface area (Å²) in [5.41, 5.74) is 1.67. The van der Waals surface area contributed by atoms with Crippen molar-refractivity contribution in [1.82, 2.24) is 15.3 Å². The van der Waals surface area contributed by atoms with Crippen molar-refractivity contribution in [3.8, 4) is 0 Å². The topological polar surface area (TPSA) is 67.0 Å². The van der Waals surface area contributed by atoms with Crippen molar-refractivity contribution >= 4 is 0 Å². The average Bonchev–Trinajstić information content (AvgIpc) is 2.40. The van der Waals surface area contributed by atoms with Crippen LogP contribution in [0.1, 0.15) is 35.8 Å². The van der Waals surface area contributed by atoms with Crippen molar-refractivity contribution in [2.24, 2.45) is 0 Å². The predicted octanol–water partition coefficient (Wildman–Crippen LogP) is 0.310. The molecule has 1 saturated heterocycles. The van der Waals surface area contributed by atoms with Gasteiger partial charge in [-0.15, -0.1) is 0 Å². The van der Waals surface area contributed by atoms with E-state index >= 15 is 0 Å². The quantitative estimate of drug-likeness (QED) is 0.735. The monoisotopic (exact) mass is 235 g/mol. The number of hydrogen-bond donors (Lipinski definition) is 2. The van der Waals surface area contributed by atoms with Crippen LogP contribution in [-0.4, -0.2) is 29.7 Å². The molecule has 2 aliphatic rings. The summed E-state index contributed by atoms with van der Waals surface area (Å²) in [6.45, 7) is 3.08. The second-order valence-corrected chi connectivity index (χ2v) is 4.72. The lowest BCUT2D eigenvalue weighted by molar-refractivity contribution is 0.106. The molecular weight excluding hydrogens is 218 g/mol. The Labute approximate surface area is 99.6 Å². The second kappa shape index (κ2) is 4.58. The van der Waals surface area contributed by atoms with Crippen molar-refractivity contribution in [3.05, 3.63) is 27.4 Å². The fourth-order valence-electron chi connectivity index (χ4n) is 2.56. The Balaban J connectivity index is 1.95. The van der Waals surface area contributed by atoms with Crippen molar-refractivity contribution in [1.29, 1.82) is 0 Å². The molecule has 5 nitrogen and oxygen atoms in total. The van der Waals surface area contributed by atoms with Crippen LogP contribution < -0.4 is 10.9 Å². The van der Waals surface area contributed by atoms with Gasteiger partial charge in [-0.1, -0.05) is 0 Å². The molecule has 0 aliphatic carbocycles. The minimum Gasteiger partial charge on any atom is -0.375 e. The molecule has 3 rings (SSSR count). The SMILES string of the molecule is O=c1[nH]c(C2CCCNC2)nc2c1CCOC2. The van der Waals surface area contributed by atoms with Gasteiger partial charge in [-0.25, -0.2) is 4.98 Å². The first kappa shape index (κ1) is 10.9. The Morgan fingerprint density at radius 1 is 1.41 bits per heavy atom. The molecule has 3 heterocycles. The molecule has 0 aromatic carbocycles. The van der Waals surface area contributed by atoms with E-state index in [0.29, 0.717) is 25.6 Å². The summed E-state index contributed by atoms with van der Waals surface area (Å²) in [7, 11) is 0. The molecule has 1 unspecified atom stereocenters. The number of ether oxygens (including phenoxy) is 1. The van der Waals surface area contributed by atoms with Crippen LogP contribution in [0, 0.1) is 0 Å². The number of nitrogens with zero attached hydrogens (tertiary/aromatic N) is 1. The maximum Gasteiger partial charge on any atom is 0.254 e. The number of aromatic nitrogens is 2. The van der Waals surface area contributed by atoms with Crippen LogP contribution in [-0.2, 0) is 17.8 Å². The number of piperidine rings is 1. The highest BCUT2D eigenvalue weighted by Crippen LogP contribution is 2.20. The highest BCUT2D eigenvalue weighted by atomic mass is 16.5. The molecule has 1 atom stereocenters. The lowest BCUT2D eigenvalue weighted by atomic mass is 9.98. The third-order valence-corrected chi connectivity index (χ3v) is 3.54. The molecule has 0 radical (unpaired) electrons. The molecule has 92 valence electrons. The first-order valence-electron chi connectivity index (χ1n) is 6.25. The zero-order valence-electron chi connectivity index (χ0n) is 9.79. The van der Waals surface area contributed by atoms with Gasteiger partial charge in [0.25, 0.3) is 5.56 Å². The van der Waals surface area contributed by atoms with Crippen LogP contribution in [0.15, 0.2) is 4.79 Å². The summed E-state index contributed by atoms with van der Waals surface area (Å²) < 4.78 is 5.36. The summed E-state index contributed by atoms with van der Waals surface area (Å²) in [5.74, 6) is 1.16. The fraction of sp³-hybridized carbons (Fsp3) is 0.667. The van der Waals surface area contributed by atoms with E-state index in [1.807, 2.05) is 0 Å². The van der Waals surface area contributed by atoms with Gasteiger partial charge in [-0.2, -0.15) is 0 Å². The van der Waals surface area contributed by atoms with Gasteiger partial charge in [0.05, 0.1) is 18.9 Å². The number of nitrogens with one attached hydrogen (secondary N) is 2. The van der Waals surface area contributed by atoms with Gasteiger partial charge in [-0.3, -0.25) is 4.79 Å². The van der Waals surface area contributed by atoms with Crippen LogP contribution in [0.4, 0.5) is 0 Å². The van der Waals surface area contributed by atoms with Crippen molar-refractivity contribution in [2.45, 2.75) is 31.8 Å². The van der Waals surface area contributed by atoms with Crippen LogP contribution in [0.3, 0.4) is 0 Å². The minimum atomic E-state index is 0.0267. The van der Waals surface area contributed by atoms with Crippen molar-refractivity contribution in [3.63, 3.8) is 0 Å². The Morgan fingerprint density at radius 2 is 2.35 bits per heavy atom. The Hall–Kier alpha value is -1.20. The highest BCUT2D eigenvalue weighted by molar-refractivity contribution is 5.20. The molecule has 2 aliphatic heterocycles. The standard InChI is InChI=1S/C12H17N3O2/c16-12-9-3-5-17-7-10(9)14-11(15-12)8-2-1-4-13-6-8/h8,13H,1-7H2,(H,14,15,16). The Bertz CT molecular complexity index is 463. The smallest absolute Gasteiger partial charge is 0.254 e. The maximum absolute atomic E-state index is 12.0. The van der Waals surface area contributed by atoms with Gasteiger partial charge in [-0.05, 0) is 19.4 Å². The molecule has 1 aromatic heterocycles. The number of rotatable bonds is 1. The largest absolute Gasteiger partial charge is 0.375 e. The summed E-state index contributed by atoms with van der Waals surface area (Å²) in [4.78, 5) is 19.5. The van der Waals surface area contributed by atoms with Crippen molar-refractivity contribution < 1.29 is 4.74 Å². The molecule has 0 saturated carbocycles. The van der Waals surface area contributed by atoms with Crippen molar-refractivity contribution in [2.75, 3.05) is 19.7 Å². The number of fused-ring (bicyclic) bond motifs is 1. The van der Waals surface area contributed by atoms with Crippen LogP contribution in [0.25, 0.3) is 0 Å². The van der Waals surface area contributed by atoms with E-state index in [1.54, 1.807) is 0 Å². The summed E-state index contributed by atoms with van der Waals surface area (Å²) in [5, 5.41) is 3.34. The predicted molar refractivity (Wildman–Crippen MR) is 63.1 cm³/mol. The van der Waals surface area contributed by atoms with E-state index < -0.39 is 0 Å². The van der Waals surface area contributed by atoms with Crippen LogP contribution >= 0.6 is 0 Å². The lowest BCUT2D eigenvalue weighted by Crippen LogP contribution is -2.32. The number of aromatic amines is 1. The van der Waals surface area contributed by atoms with Gasteiger partial charge in [0.2, 0.25) is 0 Å². The molecular formula is C12H17N3O2. The van der Waals surface area contributed by atoms with Gasteiger partial charge in [0.15, 0.2) is 0 Å². The third-order valence-electron chi connectivity index (χ3n) is 3.54. The normalized spacial score (nSPS) is 24.4. The lowest BCUT2D eigenvalue weighted by Gasteiger charge is -2.23. The first-order chi connectivity index (χ1) is 8.34.